The van der Waals surface area contributed by atoms with Crippen molar-refractivity contribution in [1.29, 1.82) is 0 Å². The second-order valence-electron chi connectivity index (χ2n) is 14.9. The van der Waals surface area contributed by atoms with Crippen LogP contribution in [0.4, 0.5) is 0 Å². The van der Waals surface area contributed by atoms with Crippen LogP contribution >= 0.6 is 11.3 Å². The van der Waals surface area contributed by atoms with E-state index in [1.165, 1.54) is 37.0 Å². The molecule has 1 aromatic heterocycles. The third-order valence-corrected chi connectivity index (χ3v) is 16.4. The third-order valence-electron chi connectivity index (χ3n) is 12.9. The van der Waals surface area contributed by atoms with Gasteiger partial charge in [-0.05, 0) is 122 Å². The van der Waals surface area contributed by atoms with Gasteiger partial charge in [0.2, 0.25) is 0 Å². The highest BCUT2D eigenvalue weighted by Gasteiger charge is 2.64. The van der Waals surface area contributed by atoms with Crippen molar-refractivity contribution >= 4 is 27.0 Å². The van der Waals surface area contributed by atoms with Gasteiger partial charge >= 0.3 is 0 Å². The van der Waals surface area contributed by atoms with Gasteiger partial charge in [-0.15, -0.1) is 11.3 Å². The number of fused-ring (bicyclic) bond motifs is 5. The Morgan fingerprint density at radius 2 is 1.73 bits per heavy atom. The summed E-state index contributed by atoms with van der Waals surface area (Å²) in [5.41, 5.74) is 0.428. The van der Waals surface area contributed by atoms with E-state index in [0.29, 0.717) is 46.1 Å². The maximum Gasteiger partial charge on any atom is 0.194 e. The number of hydrogen-bond donors (Lipinski definition) is 2. The molecule has 4 aliphatic rings. The molecule has 0 radical (unpaired) electrons. The summed E-state index contributed by atoms with van der Waals surface area (Å²) in [6.45, 7) is 11.6. The van der Waals surface area contributed by atoms with Gasteiger partial charge in [-0.3, -0.25) is 4.79 Å². The molecule has 0 saturated heterocycles. The van der Waals surface area contributed by atoms with E-state index >= 15 is 0 Å². The molecular formula is C34H54O5S2. The fraction of sp³-hybridized carbons (Fsp3) is 0.853. The molecule has 1 aromatic rings. The SMILES string of the molecule is CCc1ccc(S(=O)(=O)CC(=O)CCC[C@@H](C)[C@H]2CC[C@H]3[C@@H]4[C@H](O)[C@H](CC)[C@@H]5C[C@H](O)CC[C@]5(C)[C@H]4CC[C@]23C)s1. The molecule has 0 unspecified atom stereocenters. The van der Waals surface area contributed by atoms with E-state index in [1.807, 2.05) is 13.0 Å². The van der Waals surface area contributed by atoms with Crippen molar-refractivity contribution in [3.8, 4) is 0 Å². The Balaban J connectivity index is 1.21. The van der Waals surface area contributed by atoms with Crippen molar-refractivity contribution in [2.75, 3.05) is 5.75 Å². The standard InChI is InChI=1S/C34H54O5S2/c1-6-24-11-14-30(40-24)41(38,39)20-23(36)10-8-9-21(3)26-12-13-27-31-28(16-18-33(26,27)4)34(5)17-15-22(35)19-29(34)25(7-2)32(31)37/h11,14,21-22,25-29,31-32,35,37H,6-10,12-13,15-20H2,1-5H3/t21-,22-,25-,26-,27+,28+,29+,31+,32-,33-,34-/m1/s1. The highest BCUT2D eigenvalue weighted by Crippen LogP contribution is 2.69. The number of aryl methyl sites for hydroxylation is 1. The molecule has 2 N–H and O–H groups in total. The molecule has 0 aromatic carbocycles. The van der Waals surface area contributed by atoms with Gasteiger partial charge in [-0.25, -0.2) is 8.42 Å². The lowest BCUT2D eigenvalue weighted by Gasteiger charge is -2.64. The van der Waals surface area contributed by atoms with Crippen LogP contribution in [-0.4, -0.2) is 42.4 Å². The maximum atomic E-state index is 12.7. The number of carbonyl (C=O) groups is 1. The second kappa shape index (κ2) is 12.0. The number of Topliss-reactive ketones (excluding diaryl/α,β-unsaturated/α-hetero) is 1. The van der Waals surface area contributed by atoms with Crippen molar-refractivity contribution in [2.45, 2.75) is 128 Å². The average molecular weight is 607 g/mol. The summed E-state index contributed by atoms with van der Waals surface area (Å²) in [7, 11) is -3.55. The van der Waals surface area contributed by atoms with Gasteiger partial charge in [-0.2, -0.15) is 0 Å². The minimum Gasteiger partial charge on any atom is -0.393 e. The molecule has 0 amide bonds. The van der Waals surface area contributed by atoms with E-state index in [9.17, 15) is 23.4 Å². The summed E-state index contributed by atoms with van der Waals surface area (Å²) >= 11 is 1.28. The van der Waals surface area contributed by atoms with E-state index < -0.39 is 9.84 Å². The molecule has 0 bridgehead atoms. The van der Waals surface area contributed by atoms with Crippen molar-refractivity contribution < 1.29 is 23.4 Å². The zero-order valence-electron chi connectivity index (χ0n) is 26.0. The predicted molar refractivity (Wildman–Crippen MR) is 166 cm³/mol. The fourth-order valence-corrected chi connectivity index (χ4v) is 13.5. The van der Waals surface area contributed by atoms with Gasteiger partial charge in [0.1, 0.15) is 15.7 Å². The number of aliphatic hydroxyl groups excluding tert-OH is 2. The minimum absolute atomic E-state index is 0.170. The van der Waals surface area contributed by atoms with Crippen molar-refractivity contribution in [3.63, 3.8) is 0 Å². The number of thiophene rings is 1. The number of hydrogen-bond acceptors (Lipinski definition) is 6. The summed E-state index contributed by atoms with van der Waals surface area (Å²) in [5.74, 6) is 2.63. The van der Waals surface area contributed by atoms with Crippen LogP contribution in [0, 0.1) is 52.3 Å². The van der Waals surface area contributed by atoms with Crippen molar-refractivity contribution in [1.82, 2.24) is 0 Å². The molecule has 4 aliphatic carbocycles. The second-order valence-corrected chi connectivity index (χ2v) is 18.2. The number of rotatable bonds is 10. The van der Waals surface area contributed by atoms with Gasteiger partial charge in [0.05, 0.1) is 12.2 Å². The third kappa shape index (κ3) is 5.64. The maximum absolute atomic E-state index is 12.7. The summed E-state index contributed by atoms with van der Waals surface area (Å²) in [6.07, 6.45) is 10.9. The molecule has 0 spiro atoms. The lowest BCUT2D eigenvalue weighted by molar-refractivity contribution is -0.203. The first-order valence-corrected chi connectivity index (χ1v) is 19.0. The number of sulfone groups is 1. The van der Waals surface area contributed by atoms with Crippen LogP contribution in [-0.2, 0) is 21.1 Å². The molecule has 11 atom stereocenters. The highest BCUT2D eigenvalue weighted by molar-refractivity contribution is 7.94. The lowest BCUT2D eigenvalue weighted by atomic mass is 9.41. The first-order chi connectivity index (χ1) is 19.4. The largest absolute Gasteiger partial charge is 0.393 e. The van der Waals surface area contributed by atoms with Crippen LogP contribution in [0.5, 0.6) is 0 Å². The highest BCUT2D eigenvalue weighted by atomic mass is 32.2. The minimum atomic E-state index is -3.55. The van der Waals surface area contributed by atoms with Gasteiger partial charge in [0.15, 0.2) is 9.84 Å². The van der Waals surface area contributed by atoms with Crippen LogP contribution in [0.1, 0.15) is 110 Å². The van der Waals surface area contributed by atoms with Crippen LogP contribution in [0.2, 0.25) is 0 Å². The lowest BCUT2D eigenvalue weighted by Crippen LogP contribution is -2.62. The van der Waals surface area contributed by atoms with Crippen LogP contribution in [0.25, 0.3) is 0 Å². The Bertz CT molecular complexity index is 1190. The summed E-state index contributed by atoms with van der Waals surface area (Å²) in [5, 5.41) is 22.5. The Kier molecular flexibility index (Phi) is 9.24. The molecule has 5 rings (SSSR count). The van der Waals surface area contributed by atoms with E-state index in [2.05, 4.69) is 27.7 Å². The van der Waals surface area contributed by atoms with E-state index in [-0.39, 0.29) is 40.5 Å². The number of aliphatic hydroxyl groups is 2. The molecule has 4 saturated carbocycles. The van der Waals surface area contributed by atoms with Crippen molar-refractivity contribution in [2.24, 2.45) is 52.3 Å². The smallest absolute Gasteiger partial charge is 0.194 e. The Labute approximate surface area is 252 Å². The summed E-state index contributed by atoms with van der Waals surface area (Å²) < 4.78 is 25.8. The molecule has 1 heterocycles. The number of ketones is 1. The summed E-state index contributed by atoms with van der Waals surface area (Å²) in [6, 6.07) is 3.49. The Morgan fingerprint density at radius 3 is 2.41 bits per heavy atom. The molecule has 7 heteroatoms. The average Bonchev–Trinajstić information content (AvgIpc) is 3.55. The van der Waals surface area contributed by atoms with E-state index in [4.69, 9.17) is 0 Å². The molecule has 0 aliphatic heterocycles. The van der Waals surface area contributed by atoms with E-state index in [1.54, 1.807) is 6.07 Å². The monoisotopic (exact) mass is 606 g/mol. The predicted octanol–water partition coefficient (Wildman–Crippen LogP) is 7.09. The zero-order chi connectivity index (χ0) is 29.7. The van der Waals surface area contributed by atoms with Gasteiger partial charge < -0.3 is 10.2 Å². The molecule has 41 heavy (non-hydrogen) atoms. The zero-order valence-corrected chi connectivity index (χ0v) is 27.6. The first kappa shape index (κ1) is 31.7. The summed E-state index contributed by atoms with van der Waals surface area (Å²) in [4.78, 5) is 13.7. The Hall–Kier alpha value is -0.760. The normalized spacial score (nSPS) is 41.3. The molecule has 5 nitrogen and oxygen atoms in total. The molecular weight excluding hydrogens is 553 g/mol. The van der Waals surface area contributed by atoms with Crippen LogP contribution < -0.4 is 0 Å². The molecule has 232 valence electrons. The Morgan fingerprint density at radius 1 is 1.02 bits per heavy atom. The fourth-order valence-electron chi connectivity index (χ4n) is 10.8. The topological polar surface area (TPSA) is 91.7 Å². The van der Waals surface area contributed by atoms with Gasteiger partial charge in [0.25, 0.3) is 0 Å². The van der Waals surface area contributed by atoms with Gasteiger partial charge in [0, 0.05) is 11.3 Å². The quantitative estimate of drug-likeness (QED) is 0.297. The molecule has 4 fully saturated rings. The van der Waals surface area contributed by atoms with Crippen LogP contribution in [0.15, 0.2) is 16.3 Å². The van der Waals surface area contributed by atoms with Gasteiger partial charge in [-0.1, -0.05) is 47.5 Å². The van der Waals surface area contributed by atoms with Crippen LogP contribution in [0.3, 0.4) is 0 Å². The van der Waals surface area contributed by atoms with Crippen molar-refractivity contribution in [3.05, 3.63) is 17.0 Å². The van der Waals surface area contributed by atoms with E-state index in [0.717, 1.165) is 49.8 Å². The number of carbonyl (C=O) groups excluding carboxylic acids is 1. The first-order valence-electron chi connectivity index (χ1n) is 16.5.